The molecule has 0 saturated heterocycles. The first-order valence-electron chi connectivity index (χ1n) is 3.82. The highest BCUT2D eigenvalue weighted by Gasteiger charge is 2.11. The first-order valence-corrected chi connectivity index (χ1v) is 4.16. The van der Waals surface area contributed by atoms with E-state index in [9.17, 15) is 0 Å². The van der Waals surface area contributed by atoms with Crippen LogP contribution in [-0.2, 0) is 6.54 Å². The molecule has 0 amide bonds. The van der Waals surface area contributed by atoms with Crippen LogP contribution < -0.4 is 0 Å². The van der Waals surface area contributed by atoms with Gasteiger partial charge in [0.2, 0.25) is 0 Å². The van der Waals surface area contributed by atoms with E-state index in [1.54, 1.807) is 4.42 Å². The number of pyridine rings is 1. The minimum Gasteiger partial charge on any atom is -0.288 e. The number of aryl methyl sites for hydroxylation is 1. The van der Waals surface area contributed by atoms with Crippen molar-refractivity contribution in [1.82, 2.24) is 9.40 Å². The Balaban J connectivity index is 2.53. The molecule has 0 saturated carbocycles. The second kappa shape index (κ2) is 2.79. The summed E-state index contributed by atoms with van der Waals surface area (Å²) in [5.74, 6) is 0. The van der Waals surface area contributed by atoms with E-state index in [0.29, 0.717) is 0 Å². The van der Waals surface area contributed by atoms with E-state index < -0.39 is 0 Å². The molecule has 1 aliphatic rings. The Morgan fingerprint density at radius 3 is 3.25 bits per heavy atom. The van der Waals surface area contributed by atoms with Crippen LogP contribution in [0.5, 0.6) is 0 Å². The van der Waals surface area contributed by atoms with Crippen LogP contribution in [-0.4, -0.2) is 9.40 Å². The Labute approximate surface area is 76.6 Å². The van der Waals surface area contributed by atoms with Crippen LogP contribution in [0.2, 0.25) is 0 Å². The van der Waals surface area contributed by atoms with Gasteiger partial charge in [0.1, 0.15) is 0 Å². The summed E-state index contributed by atoms with van der Waals surface area (Å²) < 4.78 is 1.64. The van der Waals surface area contributed by atoms with Crippen molar-refractivity contribution < 1.29 is 0 Å². The summed E-state index contributed by atoms with van der Waals surface area (Å²) in [6.07, 6.45) is 5.58. The summed E-state index contributed by atoms with van der Waals surface area (Å²) in [6.45, 7) is 2.82. The minimum absolute atomic E-state index is 0.743. The fraction of sp³-hybridized carbons (Fsp3) is 0.222. The maximum atomic E-state index is 5.84. The third kappa shape index (κ3) is 1.18. The summed E-state index contributed by atoms with van der Waals surface area (Å²) in [6, 6.07) is 2.00. The Kier molecular flexibility index (Phi) is 1.77. The summed E-state index contributed by atoms with van der Waals surface area (Å²) in [7, 11) is 0. The zero-order valence-corrected chi connectivity index (χ0v) is 7.54. The normalized spacial score (nSPS) is 14.7. The lowest BCUT2D eigenvalue weighted by Gasteiger charge is -2.18. The Morgan fingerprint density at radius 1 is 1.58 bits per heavy atom. The van der Waals surface area contributed by atoms with Crippen LogP contribution >= 0.6 is 11.8 Å². The van der Waals surface area contributed by atoms with E-state index in [2.05, 4.69) is 11.9 Å². The molecule has 0 aromatic carbocycles. The molecule has 2 heterocycles. The van der Waals surface area contributed by atoms with Gasteiger partial charge in [0.25, 0.3) is 0 Å². The lowest BCUT2D eigenvalue weighted by atomic mass is 10.1. The summed E-state index contributed by atoms with van der Waals surface area (Å²) in [5, 5.41) is 0. The second-order valence-electron chi connectivity index (χ2n) is 2.87. The molecule has 0 aliphatic carbocycles. The molecule has 0 unspecified atom stereocenters. The van der Waals surface area contributed by atoms with E-state index in [1.165, 1.54) is 11.1 Å². The number of fused-ring (bicyclic) bond motifs is 1. The molecule has 0 spiro atoms. The van der Waals surface area contributed by atoms with Crippen molar-refractivity contribution in [3.05, 3.63) is 35.3 Å². The van der Waals surface area contributed by atoms with Gasteiger partial charge in [-0.1, -0.05) is 0 Å². The van der Waals surface area contributed by atoms with E-state index in [-0.39, 0.29) is 0 Å². The average Bonchev–Trinajstić information content (AvgIpc) is 2.07. The van der Waals surface area contributed by atoms with Crippen molar-refractivity contribution >= 4 is 17.9 Å². The third-order valence-electron chi connectivity index (χ3n) is 2.03. The van der Waals surface area contributed by atoms with Gasteiger partial charge in [-0.2, -0.15) is 0 Å². The Hall–Kier alpha value is -1.02. The van der Waals surface area contributed by atoms with Gasteiger partial charge in [0.05, 0.1) is 12.2 Å². The highest BCUT2D eigenvalue weighted by atomic mass is 35.5. The van der Waals surface area contributed by atoms with Gasteiger partial charge < -0.3 is 0 Å². The number of halogens is 1. The number of hydrogen-bond acceptors (Lipinski definition) is 2. The molecule has 1 aliphatic heterocycles. The van der Waals surface area contributed by atoms with Gasteiger partial charge in [0, 0.05) is 29.7 Å². The van der Waals surface area contributed by atoms with Crippen molar-refractivity contribution in [3.63, 3.8) is 0 Å². The lowest BCUT2D eigenvalue weighted by Crippen LogP contribution is -2.11. The van der Waals surface area contributed by atoms with Crippen molar-refractivity contribution in [2.45, 2.75) is 13.5 Å². The van der Waals surface area contributed by atoms with Crippen LogP contribution in [0, 0.1) is 6.92 Å². The van der Waals surface area contributed by atoms with Crippen molar-refractivity contribution in [2.75, 3.05) is 0 Å². The first-order chi connectivity index (χ1) is 5.77. The fourth-order valence-corrected chi connectivity index (χ4v) is 1.49. The van der Waals surface area contributed by atoms with Crippen LogP contribution in [0.15, 0.2) is 18.5 Å². The molecule has 0 radical (unpaired) electrons. The Bertz CT molecular complexity index is 333. The number of hydrogen-bond donors (Lipinski definition) is 0. The van der Waals surface area contributed by atoms with Crippen LogP contribution in [0.25, 0.3) is 6.08 Å². The molecule has 12 heavy (non-hydrogen) atoms. The molecule has 0 fully saturated rings. The van der Waals surface area contributed by atoms with E-state index >= 15 is 0 Å². The molecule has 2 nitrogen and oxygen atoms in total. The largest absolute Gasteiger partial charge is 0.288 e. The maximum Gasteiger partial charge on any atom is 0.0697 e. The van der Waals surface area contributed by atoms with Crippen LogP contribution in [0.3, 0.4) is 0 Å². The standard InChI is InChI=1S/C9H9ClN2/c1-7-2-4-11-9-3-5-12(10)6-8(7)9/h2-5H,6H2,1H3. The summed E-state index contributed by atoms with van der Waals surface area (Å²) in [4.78, 5) is 4.24. The molecule has 3 heteroatoms. The number of nitrogens with zero attached hydrogens (tertiary/aromatic N) is 2. The Morgan fingerprint density at radius 2 is 2.42 bits per heavy atom. The lowest BCUT2D eigenvalue weighted by molar-refractivity contribution is 0.589. The summed E-state index contributed by atoms with van der Waals surface area (Å²) >= 11 is 5.84. The molecule has 1 aromatic rings. The minimum atomic E-state index is 0.743. The molecular weight excluding hydrogens is 172 g/mol. The third-order valence-corrected chi connectivity index (χ3v) is 2.26. The number of rotatable bonds is 0. The molecule has 1 aromatic heterocycles. The van der Waals surface area contributed by atoms with Gasteiger partial charge in [0.15, 0.2) is 0 Å². The van der Waals surface area contributed by atoms with E-state index in [1.807, 2.05) is 24.5 Å². The maximum absolute atomic E-state index is 5.84. The predicted octanol–water partition coefficient (Wildman–Crippen LogP) is 2.33. The van der Waals surface area contributed by atoms with Gasteiger partial charge in [-0.15, -0.1) is 0 Å². The van der Waals surface area contributed by atoms with Gasteiger partial charge in [-0.05, 0) is 24.6 Å². The zero-order chi connectivity index (χ0) is 8.55. The van der Waals surface area contributed by atoms with Gasteiger partial charge in [-0.3, -0.25) is 9.40 Å². The molecular formula is C9H9ClN2. The molecule has 0 atom stereocenters. The zero-order valence-electron chi connectivity index (χ0n) is 6.79. The molecule has 62 valence electrons. The monoisotopic (exact) mass is 180 g/mol. The molecule has 0 bridgehead atoms. The van der Waals surface area contributed by atoms with Gasteiger partial charge in [-0.25, -0.2) is 0 Å². The van der Waals surface area contributed by atoms with Gasteiger partial charge >= 0.3 is 0 Å². The number of aromatic nitrogens is 1. The fourth-order valence-electron chi connectivity index (χ4n) is 1.31. The van der Waals surface area contributed by atoms with Crippen LogP contribution in [0.4, 0.5) is 0 Å². The summed E-state index contributed by atoms with van der Waals surface area (Å²) in [5.41, 5.74) is 3.50. The quantitative estimate of drug-likeness (QED) is 0.570. The highest BCUT2D eigenvalue weighted by Crippen LogP contribution is 2.21. The SMILES string of the molecule is Cc1ccnc2c1CN(Cl)C=C2. The first kappa shape index (κ1) is 7.62. The highest BCUT2D eigenvalue weighted by molar-refractivity contribution is 6.14. The predicted molar refractivity (Wildman–Crippen MR) is 49.4 cm³/mol. The average molecular weight is 181 g/mol. The van der Waals surface area contributed by atoms with E-state index in [0.717, 1.165) is 12.2 Å². The van der Waals surface area contributed by atoms with Crippen molar-refractivity contribution in [3.8, 4) is 0 Å². The molecule has 2 rings (SSSR count). The molecule has 0 N–H and O–H groups in total. The van der Waals surface area contributed by atoms with E-state index in [4.69, 9.17) is 11.8 Å². The van der Waals surface area contributed by atoms with Crippen molar-refractivity contribution in [2.24, 2.45) is 0 Å². The smallest absolute Gasteiger partial charge is 0.0697 e. The van der Waals surface area contributed by atoms with Crippen molar-refractivity contribution in [1.29, 1.82) is 0 Å². The van der Waals surface area contributed by atoms with Crippen LogP contribution in [0.1, 0.15) is 16.8 Å². The second-order valence-corrected chi connectivity index (χ2v) is 3.30. The topological polar surface area (TPSA) is 16.1 Å².